The Balaban J connectivity index is 1.52. The van der Waals surface area contributed by atoms with Crippen LogP contribution in [-0.4, -0.2) is 74.1 Å². The van der Waals surface area contributed by atoms with Gasteiger partial charge in [-0.25, -0.2) is 0 Å². The summed E-state index contributed by atoms with van der Waals surface area (Å²) in [5.74, 6) is 1.90. The highest BCUT2D eigenvalue weighted by Crippen LogP contribution is 2.23. The van der Waals surface area contributed by atoms with Crippen LogP contribution in [-0.2, 0) is 0 Å². The lowest BCUT2D eigenvalue weighted by Crippen LogP contribution is -2.47. The van der Waals surface area contributed by atoms with Crippen molar-refractivity contribution >= 4 is 0 Å². The molecule has 2 aliphatic rings. The maximum absolute atomic E-state index is 2.71. The van der Waals surface area contributed by atoms with Crippen LogP contribution in [0.15, 0.2) is 0 Å². The molecule has 2 fully saturated rings. The quantitative estimate of drug-likeness (QED) is 0.715. The van der Waals surface area contributed by atoms with E-state index in [0.29, 0.717) is 0 Å². The lowest BCUT2D eigenvalue weighted by molar-refractivity contribution is 0.118. The van der Waals surface area contributed by atoms with E-state index in [1.165, 1.54) is 84.5 Å². The van der Waals surface area contributed by atoms with Crippen molar-refractivity contribution in [3.8, 4) is 0 Å². The van der Waals surface area contributed by atoms with Crippen LogP contribution in [0.1, 0.15) is 46.0 Å². The standard InChI is InChI=1S/C18H37N3/c1-17(2)5-4-6-18-7-9-20(10-8-18)15-16-21-13-11-19(3)12-14-21/h17-18H,4-16H2,1-3H3. The minimum absolute atomic E-state index is 0.883. The summed E-state index contributed by atoms with van der Waals surface area (Å²) in [5, 5.41) is 0. The number of piperazine rings is 1. The van der Waals surface area contributed by atoms with Gasteiger partial charge in [-0.3, -0.25) is 4.90 Å². The molecule has 0 atom stereocenters. The zero-order chi connectivity index (χ0) is 15.1. The Hall–Kier alpha value is -0.120. The molecule has 21 heavy (non-hydrogen) atoms. The first-order valence-electron chi connectivity index (χ1n) is 9.26. The van der Waals surface area contributed by atoms with E-state index >= 15 is 0 Å². The second-order valence-corrected chi connectivity index (χ2v) is 7.75. The highest BCUT2D eigenvalue weighted by Gasteiger charge is 2.20. The minimum Gasteiger partial charge on any atom is -0.304 e. The molecule has 2 rings (SSSR count). The van der Waals surface area contributed by atoms with Crippen molar-refractivity contribution in [1.29, 1.82) is 0 Å². The third-order valence-corrected chi connectivity index (χ3v) is 5.43. The van der Waals surface area contributed by atoms with Crippen LogP contribution in [0.4, 0.5) is 0 Å². The van der Waals surface area contributed by atoms with E-state index in [4.69, 9.17) is 0 Å². The molecule has 124 valence electrons. The number of likely N-dealkylation sites (tertiary alicyclic amines) is 1. The second kappa shape index (κ2) is 9.12. The van der Waals surface area contributed by atoms with Crippen molar-refractivity contribution in [3.63, 3.8) is 0 Å². The molecule has 0 aliphatic carbocycles. The van der Waals surface area contributed by atoms with Crippen LogP contribution in [0, 0.1) is 11.8 Å². The van der Waals surface area contributed by atoms with Crippen molar-refractivity contribution in [3.05, 3.63) is 0 Å². The predicted octanol–water partition coefficient (Wildman–Crippen LogP) is 2.77. The Morgan fingerprint density at radius 1 is 0.857 bits per heavy atom. The van der Waals surface area contributed by atoms with Gasteiger partial charge in [-0.1, -0.05) is 33.1 Å². The van der Waals surface area contributed by atoms with Crippen LogP contribution < -0.4 is 0 Å². The van der Waals surface area contributed by atoms with Gasteiger partial charge in [-0.05, 0) is 44.8 Å². The molecule has 0 saturated carbocycles. The van der Waals surface area contributed by atoms with E-state index < -0.39 is 0 Å². The van der Waals surface area contributed by atoms with Crippen molar-refractivity contribution in [1.82, 2.24) is 14.7 Å². The molecule has 3 heteroatoms. The van der Waals surface area contributed by atoms with Gasteiger partial charge in [0.25, 0.3) is 0 Å². The van der Waals surface area contributed by atoms with Gasteiger partial charge in [0, 0.05) is 39.3 Å². The molecule has 0 bridgehead atoms. The SMILES string of the molecule is CC(C)CCCC1CCN(CCN2CCN(C)CC2)CC1. The molecular weight excluding hydrogens is 258 g/mol. The average molecular weight is 296 g/mol. The lowest BCUT2D eigenvalue weighted by Gasteiger charge is -2.36. The molecule has 2 saturated heterocycles. The molecule has 0 aromatic rings. The first-order valence-corrected chi connectivity index (χ1v) is 9.26. The summed E-state index contributed by atoms with van der Waals surface area (Å²) < 4.78 is 0. The van der Waals surface area contributed by atoms with E-state index in [-0.39, 0.29) is 0 Å². The molecule has 3 nitrogen and oxygen atoms in total. The average Bonchev–Trinajstić information content (AvgIpc) is 2.48. The molecule has 0 aromatic heterocycles. The Kier molecular flexibility index (Phi) is 7.48. The summed E-state index contributed by atoms with van der Waals surface area (Å²) in [6, 6.07) is 0. The van der Waals surface area contributed by atoms with E-state index in [0.717, 1.165) is 11.8 Å². The third kappa shape index (κ3) is 6.66. The van der Waals surface area contributed by atoms with Gasteiger partial charge >= 0.3 is 0 Å². The van der Waals surface area contributed by atoms with E-state index in [2.05, 4.69) is 35.6 Å². The fourth-order valence-corrected chi connectivity index (χ4v) is 3.67. The fourth-order valence-electron chi connectivity index (χ4n) is 3.67. The largest absolute Gasteiger partial charge is 0.304 e. The van der Waals surface area contributed by atoms with Crippen LogP contribution in [0.25, 0.3) is 0 Å². The maximum atomic E-state index is 2.71. The van der Waals surface area contributed by atoms with Gasteiger partial charge < -0.3 is 9.80 Å². The topological polar surface area (TPSA) is 9.72 Å². The van der Waals surface area contributed by atoms with Crippen molar-refractivity contribution in [2.75, 3.05) is 59.4 Å². The monoisotopic (exact) mass is 295 g/mol. The predicted molar refractivity (Wildman–Crippen MR) is 91.8 cm³/mol. The van der Waals surface area contributed by atoms with Crippen LogP contribution in [0.5, 0.6) is 0 Å². The van der Waals surface area contributed by atoms with Gasteiger partial charge in [-0.2, -0.15) is 0 Å². The normalized spacial score (nSPS) is 24.0. The number of hydrogen-bond acceptors (Lipinski definition) is 3. The molecule has 0 radical (unpaired) electrons. The number of rotatable bonds is 7. The Bertz CT molecular complexity index is 264. The van der Waals surface area contributed by atoms with Crippen molar-refractivity contribution in [2.24, 2.45) is 11.8 Å². The fraction of sp³-hybridized carbons (Fsp3) is 1.00. The molecule has 0 aromatic carbocycles. The van der Waals surface area contributed by atoms with E-state index in [1.54, 1.807) is 0 Å². The highest BCUT2D eigenvalue weighted by molar-refractivity contribution is 4.75. The molecule has 0 amide bonds. The highest BCUT2D eigenvalue weighted by atomic mass is 15.3. The lowest BCUT2D eigenvalue weighted by atomic mass is 9.90. The van der Waals surface area contributed by atoms with Crippen molar-refractivity contribution < 1.29 is 0 Å². The first-order chi connectivity index (χ1) is 10.1. The minimum atomic E-state index is 0.883. The van der Waals surface area contributed by atoms with Gasteiger partial charge in [-0.15, -0.1) is 0 Å². The van der Waals surface area contributed by atoms with E-state index in [1.807, 2.05) is 0 Å². The van der Waals surface area contributed by atoms with Crippen LogP contribution in [0.2, 0.25) is 0 Å². The zero-order valence-corrected chi connectivity index (χ0v) is 14.7. The van der Waals surface area contributed by atoms with Crippen LogP contribution >= 0.6 is 0 Å². The Morgan fingerprint density at radius 3 is 2.00 bits per heavy atom. The molecular formula is C18H37N3. The summed E-state index contributed by atoms with van der Waals surface area (Å²) in [5.41, 5.74) is 0. The molecule has 2 aliphatic heterocycles. The number of likely N-dealkylation sites (N-methyl/N-ethyl adjacent to an activating group) is 1. The third-order valence-electron chi connectivity index (χ3n) is 5.43. The molecule has 0 spiro atoms. The number of nitrogens with zero attached hydrogens (tertiary/aromatic N) is 3. The van der Waals surface area contributed by atoms with Gasteiger partial charge in [0.1, 0.15) is 0 Å². The summed E-state index contributed by atoms with van der Waals surface area (Å²) in [4.78, 5) is 7.80. The molecule has 2 heterocycles. The zero-order valence-electron chi connectivity index (χ0n) is 14.7. The van der Waals surface area contributed by atoms with Crippen molar-refractivity contribution in [2.45, 2.75) is 46.0 Å². The van der Waals surface area contributed by atoms with E-state index in [9.17, 15) is 0 Å². The van der Waals surface area contributed by atoms with Gasteiger partial charge in [0.05, 0.1) is 0 Å². The Labute approximate surface area is 132 Å². The summed E-state index contributed by atoms with van der Waals surface area (Å²) >= 11 is 0. The van der Waals surface area contributed by atoms with Gasteiger partial charge in [0.15, 0.2) is 0 Å². The maximum Gasteiger partial charge on any atom is 0.0110 e. The smallest absolute Gasteiger partial charge is 0.0110 e. The van der Waals surface area contributed by atoms with Crippen LogP contribution in [0.3, 0.4) is 0 Å². The summed E-state index contributed by atoms with van der Waals surface area (Å²) in [7, 11) is 2.24. The number of hydrogen-bond donors (Lipinski definition) is 0. The number of piperidine rings is 1. The first kappa shape index (κ1) is 17.2. The summed E-state index contributed by atoms with van der Waals surface area (Å²) in [6.45, 7) is 15.0. The molecule has 0 unspecified atom stereocenters. The molecule has 0 N–H and O–H groups in total. The van der Waals surface area contributed by atoms with Gasteiger partial charge in [0.2, 0.25) is 0 Å². The Morgan fingerprint density at radius 2 is 1.43 bits per heavy atom. The summed E-state index contributed by atoms with van der Waals surface area (Å²) in [6.07, 6.45) is 7.24. The second-order valence-electron chi connectivity index (χ2n) is 7.75.